The van der Waals surface area contributed by atoms with Gasteiger partial charge >= 0.3 is 5.97 Å². The van der Waals surface area contributed by atoms with Crippen molar-refractivity contribution in [2.24, 2.45) is 0 Å². The van der Waals surface area contributed by atoms with Crippen molar-refractivity contribution in [1.82, 2.24) is 5.32 Å². The Morgan fingerprint density at radius 3 is 2.50 bits per heavy atom. The Morgan fingerprint density at radius 2 is 1.96 bits per heavy atom. The molecule has 0 aliphatic heterocycles. The van der Waals surface area contributed by atoms with E-state index >= 15 is 0 Å². The van der Waals surface area contributed by atoms with Gasteiger partial charge in [-0.1, -0.05) is 30.7 Å². The molecule has 1 N–H and O–H groups in total. The zero-order valence-corrected chi connectivity index (χ0v) is 15.5. The third kappa shape index (κ3) is 4.58. The molecule has 0 saturated heterocycles. The molecule has 0 radical (unpaired) electrons. The van der Waals surface area contributed by atoms with Crippen LogP contribution >= 0.6 is 22.9 Å². The summed E-state index contributed by atoms with van der Waals surface area (Å²) in [5.74, 6) is -0.571. The fourth-order valence-corrected chi connectivity index (χ4v) is 3.55. The van der Waals surface area contributed by atoms with Gasteiger partial charge in [0.1, 0.15) is 0 Å². The highest BCUT2D eigenvalue weighted by atomic mass is 35.5. The van der Waals surface area contributed by atoms with Gasteiger partial charge in [0.15, 0.2) is 0 Å². The zero-order valence-electron chi connectivity index (χ0n) is 13.9. The SMILES string of the molecule is CCc1cc(C(=O)NC(CC(=O)OC)c2ccc(Cl)cc2)sc1C. The van der Waals surface area contributed by atoms with Crippen molar-refractivity contribution >= 4 is 34.8 Å². The molecule has 6 heteroatoms. The van der Waals surface area contributed by atoms with E-state index in [9.17, 15) is 9.59 Å². The summed E-state index contributed by atoms with van der Waals surface area (Å²) in [6.07, 6.45) is 0.952. The molecule has 2 rings (SSSR count). The summed E-state index contributed by atoms with van der Waals surface area (Å²) in [4.78, 5) is 26.0. The van der Waals surface area contributed by atoms with Crippen molar-refractivity contribution in [1.29, 1.82) is 0 Å². The molecule has 0 aliphatic carbocycles. The molecule has 1 amide bonds. The number of halogens is 1. The maximum absolute atomic E-state index is 12.6. The van der Waals surface area contributed by atoms with Gasteiger partial charge in [-0.3, -0.25) is 9.59 Å². The van der Waals surface area contributed by atoms with E-state index in [4.69, 9.17) is 16.3 Å². The smallest absolute Gasteiger partial charge is 0.307 e. The normalized spacial score (nSPS) is 11.8. The van der Waals surface area contributed by atoms with E-state index in [1.165, 1.54) is 24.0 Å². The largest absolute Gasteiger partial charge is 0.469 e. The molecule has 1 aromatic heterocycles. The van der Waals surface area contributed by atoms with Crippen molar-refractivity contribution in [3.05, 3.63) is 56.2 Å². The third-order valence-corrected chi connectivity index (χ3v) is 5.14. The van der Waals surface area contributed by atoms with Crippen molar-refractivity contribution < 1.29 is 14.3 Å². The number of rotatable bonds is 6. The summed E-state index contributed by atoms with van der Waals surface area (Å²) in [7, 11) is 1.33. The van der Waals surface area contributed by atoms with Gasteiger partial charge in [0, 0.05) is 9.90 Å². The summed E-state index contributed by atoms with van der Waals surface area (Å²) in [6, 6.07) is 8.51. The first-order valence-electron chi connectivity index (χ1n) is 7.67. The lowest BCUT2D eigenvalue weighted by molar-refractivity contribution is -0.141. The molecule has 1 unspecified atom stereocenters. The zero-order chi connectivity index (χ0) is 17.7. The maximum Gasteiger partial charge on any atom is 0.307 e. The van der Waals surface area contributed by atoms with Gasteiger partial charge in [0.2, 0.25) is 0 Å². The van der Waals surface area contributed by atoms with Gasteiger partial charge in [-0.2, -0.15) is 0 Å². The Balaban J connectivity index is 2.21. The number of amides is 1. The molecular formula is C18H20ClNO3S. The van der Waals surface area contributed by atoms with E-state index in [-0.39, 0.29) is 18.3 Å². The molecule has 0 aliphatic rings. The second-order valence-electron chi connectivity index (χ2n) is 5.40. The lowest BCUT2D eigenvalue weighted by Crippen LogP contribution is -2.30. The highest BCUT2D eigenvalue weighted by Gasteiger charge is 2.21. The van der Waals surface area contributed by atoms with Crippen LogP contribution in [0.2, 0.25) is 5.02 Å². The van der Waals surface area contributed by atoms with Gasteiger partial charge in [0.25, 0.3) is 5.91 Å². The molecule has 4 nitrogen and oxygen atoms in total. The lowest BCUT2D eigenvalue weighted by Gasteiger charge is -2.18. The number of ether oxygens (including phenoxy) is 1. The second-order valence-corrected chi connectivity index (χ2v) is 7.10. The topological polar surface area (TPSA) is 55.4 Å². The monoisotopic (exact) mass is 365 g/mol. The quantitative estimate of drug-likeness (QED) is 0.776. The molecule has 0 saturated carbocycles. The van der Waals surface area contributed by atoms with E-state index in [1.54, 1.807) is 24.3 Å². The highest BCUT2D eigenvalue weighted by molar-refractivity contribution is 7.14. The van der Waals surface area contributed by atoms with Gasteiger partial charge in [0.05, 0.1) is 24.4 Å². The number of methoxy groups -OCH3 is 1. The number of carbonyl (C=O) groups excluding carboxylic acids is 2. The average Bonchev–Trinajstić information content (AvgIpc) is 2.95. The fraction of sp³-hybridized carbons (Fsp3) is 0.333. The first kappa shape index (κ1) is 18.5. The van der Waals surface area contributed by atoms with Crippen LogP contribution in [0.1, 0.15) is 45.1 Å². The number of nitrogens with one attached hydrogen (secondary N) is 1. The van der Waals surface area contributed by atoms with E-state index in [0.717, 1.165) is 16.9 Å². The van der Waals surface area contributed by atoms with Crippen LogP contribution in [-0.2, 0) is 16.0 Å². The summed E-state index contributed by atoms with van der Waals surface area (Å²) in [6.45, 7) is 4.07. The standard InChI is InChI=1S/C18H20ClNO3S/c1-4-12-9-16(24-11(12)2)18(22)20-15(10-17(21)23-3)13-5-7-14(19)8-6-13/h5-9,15H,4,10H2,1-3H3,(H,20,22). The van der Waals surface area contributed by atoms with Crippen LogP contribution < -0.4 is 5.32 Å². The minimum Gasteiger partial charge on any atom is -0.469 e. The molecular weight excluding hydrogens is 346 g/mol. The van der Waals surface area contributed by atoms with Crippen LogP contribution in [0.25, 0.3) is 0 Å². The number of hydrogen-bond donors (Lipinski definition) is 1. The summed E-state index contributed by atoms with van der Waals surface area (Å²) in [5.41, 5.74) is 1.98. The Kier molecular flexibility index (Phi) is 6.40. The predicted octanol–water partition coefficient (Wildman–Crippen LogP) is 4.31. The molecule has 1 heterocycles. The van der Waals surface area contributed by atoms with Gasteiger partial charge in [-0.25, -0.2) is 0 Å². The predicted molar refractivity (Wildman–Crippen MR) is 96.7 cm³/mol. The van der Waals surface area contributed by atoms with E-state index < -0.39 is 6.04 Å². The molecule has 24 heavy (non-hydrogen) atoms. The number of hydrogen-bond acceptors (Lipinski definition) is 4. The molecule has 1 atom stereocenters. The third-order valence-electron chi connectivity index (χ3n) is 3.80. The Hall–Kier alpha value is -1.85. The van der Waals surface area contributed by atoms with Crippen LogP contribution in [-0.4, -0.2) is 19.0 Å². The molecule has 0 spiro atoms. The van der Waals surface area contributed by atoms with Gasteiger partial charge < -0.3 is 10.1 Å². The van der Waals surface area contributed by atoms with Crippen molar-refractivity contribution in [3.63, 3.8) is 0 Å². The number of aryl methyl sites for hydroxylation is 2. The van der Waals surface area contributed by atoms with E-state index in [0.29, 0.717) is 9.90 Å². The van der Waals surface area contributed by atoms with Crippen LogP contribution in [0.5, 0.6) is 0 Å². The minimum atomic E-state index is -0.463. The first-order chi connectivity index (χ1) is 11.4. The van der Waals surface area contributed by atoms with Gasteiger partial charge in [-0.05, 0) is 42.7 Å². The molecule has 0 fully saturated rings. The number of esters is 1. The Bertz CT molecular complexity index is 724. The van der Waals surface area contributed by atoms with Crippen molar-refractivity contribution in [2.45, 2.75) is 32.7 Å². The van der Waals surface area contributed by atoms with Gasteiger partial charge in [-0.15, -0.1) is 11.3 Å². The fourth-order valence-electron chi connectivity index (χ4n) is 2.41. The second kappa shape index (κ2) is 8.31. The first-order valence-corrected chi connectivity index (χ1v) is 8.86. The van der Waals surface area contributed by atoms with Crippen molar-refractivity contribution in [2.75, 3.05) is 7.11 Å². The molecule has 1 aromatic carbocycles. The lowest BCUT2D eigenvalue weighted by atomic mass is 10.0. The average molecular weight is 366 g/mol. The summed E-state index contributed by atoms with van der Waals surface area (Å²) >= 11 is 7.37. The van der Waals surface area contributed by atoms with Crippen LogP contribution in [0, 0.1) is 6.92 Å². The summed E-state index contributed by atoms with van der Waals surface area (Å²) in [5, 5.41) is 3.53. The summed E-state index contributed by atoms with van der Waals surface area (Å²) < 4.78 is 4.74. The molecule has 2 aromatic rings. The highest BCUT2D eigenvalue weighted by Crippen LogP contribution is 2.24. The maximum atomic E-state index is 12.6. The number of thiophene rings is 1. The Morgan fingerprint density at radius 1 is 1.29 bits per heavy atom. The van der Waals surface area contributed by atoms with E-state index in [2.05, 4.69) is 12.2 Å². The van der Waals surface area contributed by atoms with Crippen LogP contribution in [0.4, 0.5) is 0 Å². The number of carbonyl (C=O) groups is 2. The minimum absolute atomic E-state index is 0.0643. The Labute approximate surface area is 150 Å². The van der Waals surface area contributed by atoms with E-state index in [1.807, 2.05) is 13.0 Å². The molecule has 0 bridgehead atoms. The molecule has 128 valence electrons. The van der Waals surface area contributed by atoms with Crippen LogP contribution in [0.3, 0.4) is 0 Å². The van der Waals surface area contributed by atoms with Crippen LogP contribution in [0.15, 0.2) is 30.3 Å². The van der Waals surface area contributed by atoms with Crippen molar-refractivity contribution in [3.8, 4) is 0 Å². The number of benzene rings is 1.